The fourth-order valence-corrected chi connectivity index (χ4v) is 1.41. The van der Waals surface area contributed by atoms with Crippen molar-refractivity contribution in [2.45, 2.75) is 19.6 Å². The Morgan fingerprint density at radius 2 is 2.10 bits per heavy atom. The van der Waals surface area contributed by atoms with E-state index >= 15 is 0 Å². The molecule has 0 aliphatic carbocycles. The lowest BCUT2D eigenvalue weighted by Gasteiger charge is -1.98. The zero-order chi connectivity index (χ0) is 7.72. The second-order valence-corrected chi connectivity index (χ2v) is 2.93. The first kappa shape index (κ1) is 7.73. The van der Waals surface area contributed by atoms with E-state index < -0.39 is 0 Å². The molecule has 0 bridgehead atoms. The molecule has 0 fully saturated rings. The van der Waals surface area contributed by atoms with E-state index in [0.717, 1.165) is 5.75 Å². The second-order valence-electron chi connectivity index (χ2n) is 2.61. The maximum absolute atomic E-state index is 4.23. The highest BCUT2D eigenvalue weighted by Crippen LogP contribution is 2.14. The molecule has 0 aliphatic heterocycles. The summed E-state index contributed by atoms with van der Waals surface area (Å²) < 4.78 is 2.19. The smallest absolute Gasteiger partial charge is 0.0183 e. The molecule has 0 amide bonds. The summed E-state index contributed by atoms with van der Waals surface area (Å²) in [5.74, 6) is 0.841. The largest absolute Gasteiger partial charge is 0.352 e. The third-order valence-corrected chi connectivity index (χ3v) is 2.39. The fourth-order valence-electron chi connectivity index (χ4n) is 1.09. The van der Waals surface area contributed by atoms with Crippen molar-refractivity contribution in [1.82, 2.24) is 4.57 Å². The van der Waals surface area contributed by atoms with Crippen molar-refractivity contribution >= 4 is 12.6 Å². The molecule has 1 nitrogen and oxygen atoms in total. The minimum absolute atomic E-state index is 0.841. The number of hydrogen-bond donors (Lipinski definition) is 1. The lowest BCUT2D eigenvalue weighted by Crippen LogP contribution is -1.93. The van der Waals surface area contributed by atoms with Crippen molar-refractivity contribution < 1.29 is 0 Å². The highest BCUT2D eigenvalue weighted by atomic mass is 32.1. The number of aryl methyl sites for hydroxylation is 1. The van der Waals surface area contributed by atoms with E-state index in [-0.39, 0.29) is 0 Å². The van der Waals surface area contributed by atoms with Crippen LogP contribution >= 0.6 is 12.6 Å². The van der Waals surface area contributed by atoms with Crippen LogP contribution in [-0.2, 0) is 12.8 Å². The molecule has 0 radical (unpaired) electrons. The van der Waals surface area contributed by atoms with Gasteiger partial charge >= 0.3 is 0 Å². The van der Waals surface area contributed by atoms with E-state index in [1.54, 1.807) is 0 Å². The first-order valence-electron chi connectivity index (χ1n) is 3.39. The molecule has 1 aromatic rings. The van der Waals surface area contributed by atoms with Crippen LogP contribution in [0.15, 0.2) is 6.07 Å². The van der Waals surface area contributed by atoms with Crippen molar-refractivity contribution in [3.05, 3.63) is 23.0 Å². The normalized spacial score (nSPS) is 10.4. The van der Waals surface area contributed by atoms with Crippen LogP contribution < -0.4 is 0 Å². The van der Waals surface area contributed by atoms with Crippen molar-refractivity contribution in [2.75, 3.05) is 0 Å². The molecule has 56 valence electrons. The summed E-state index contributed by atoms with van der Waals surface area (Å²) in [4.78, 5) is 0. The number of nitrogens with zero attached hydrogens (tertiary/aromatic N) is 1. The van der Waals surface area contributed by atoms with Gasteiger partial charge in [-0.25, -0.2) is 0 Å². The Balaban J connectivity index is 3.17. The third-order valence-electron chi connectivity index (χ3n) is 2.05. The highest BCUT2D eigenvalue weighted by Gasteiger charge is 2.02. The van der Waals surface area contributed by atoms with Crippen LogP contribution in [0, 0.1) is 13.8 Å². The summed E-state index contributed by atoms with van der Waals surface area (Å²) in [6, 6.07) is 2.18. The Morgan fingerprint density at radius 3 is 2.30 bits per heavy atom. The van der Waals surface area contributed by atoms with Crippen molar-refractivity contribution in [3.63, 3.8) is 0 Å². The van der Waals surface area contributed by atoms with Crippen LogP contribution in [0.25, 0.3) is 0 Å². The molecule has 0 saturated heterocycles. The Labute approximate surface area is 67.5 Å². The molecular formula is C8H13NS. The molecule has 0 aliphatic rings. The molecule has 2 heteroatoms. The average molecular weight is 155 g/mol. The van der Waals surface area contributed by atoms with Gasteiger partial charge in [0.25, 0.3) is 0 Å². The fraction of sp³-hybridized carbons (Fsp3) is 0.500. The Bertz CT molecular complexity index is 238. The van der Waals surface area contributed by atoms with Crippen molar-refractivity contribution in [3.8, 4) is 0 Å². The summed E-state index contributed by atoms with van der Waals surface area (Å²) in [5.41, 5.74) is 3.97. The van der Waals surface area contributed by atoms with Crippen LogP contribution in [0.1, 0.15) is 17.0 Å². The monoisotopic (exact) mass is 155 g/mol. The van der Waals surface area contributed by atoms with Crippen molar-refractivity contribution in [2.24, 2.45) is 7.05 Å². The zero-order valence-electron chi connectivity index (χ0n) is 6.68. The summed E-state index contributed by atoms with van der Waals surface area (Å²) >= 11 is 4.23. The minimum Gasteiger partial charge on any atom is -0.352 e. The predicted molar refractivity (Wildman–Crippen MR) is 47.6 cm³/mol. The van der Waals surface area contributed by atoms with E-state index in [2.05, 4.69) is 44.2 Å². The lowest BCUT2D eigenvalue weighted by molar-refractivity contribution is 0.840. The van der Waals surface area contributed by atoms with Gasteiger partial charge in [0, 0.05) is 24.2 Å². The van der Waals surface area contributed by atoms with Gasteiger partial charge in [-0.1, -0.05) is 0 Å². The number of thiol groups is 1. The quantitative estimate of drug-likeness (QED) is 0.592. The highest BCUT2D eigenvalue weighted by molar-refractivity contribution is 7.79. The molecule has 0 unspecified atom stereocenters. The van der Waals surface area contributed by atoms with Crippen LogP contribution in [0.5, 0.6) is 0 Å². The van der Waals surface area contributed by atoms with Gasteiger partial charge in [-0.05, 0) is 25.5 Å². The minimum atomic E-state index is 0.841. The van der Waals surface area contributed by atoms with Gasteiger partial charge in [0.15, 0.2) is 0 Å². The Morgan fingerprint density at radius 1 is 1.50 bits per heavy atom. The van der Waals surface area contributed by atoms with Gasteiger partial charge in [0.2, 0.25) is 0 Å². The predicted octanol–water partition coefficient (Wildman–Crippen LogP) is 2.07. The van der Waals surface area contributed by atoms with Crippen LogP contribution in [0.3, 0.4) is 0 Å². The van der Waals surface area contributed by atoms with Crippen LogP contribution in [0.2, 0.25) is 0 Å². The molecule has 1 heterocycles. The molecule has 10 heavy (non-hydrogen) atoms. The molecule has 0 N–H and O–H groups in total. The summed E-state index contributed by atoms with van der Waals surface area (Å²) in [6.45, 7) is 4.23. The van der Waals surface area contributed by atoms with Crippen LogP contribution in [0.4, 0.5) is 0 Å². The van der Waals surface area contributed by atoms with Gasteiger partial charge in [-0.3, -0.25) is 0 Å². The Kier molecular flexibility index (Phi) is 2.09. The maximum Gasteiger partial charge on any atom is 0.0183 e. The molecule has 1 aromatic heterocycles. The summed E-state index contributed by atoms with van der Waals surface area (Å²) in [5, 5.41) is 0. The van der Waals surface area contributed by atoms with Gasteiger partial charge in [0.05, 0.1) is 0 Å². The Hall–Kier alpha value is -0.370. The molecular weight excluding hydrogens is 142 g/mol. The van der Waals surface area contributed by atoms with E-state index in [4.69, 9.17) is 0 Å². The first-order valence-corrected chi connectivity index (χ1v) is 4.02. The van der Waals surface area contributed by atoms with Crippen LogP contribution in [-0.4, -0.2) is 4.57 Å². The standard InChI is InChI=1S/C8H13NS/c1-6-4-8(5-10)7(2)9(6)3/h4,10H,5H2,1-3H3. The molecule has 0 saturated carbocycles. The second kappa shape index (κ2) is 2.70. The van der Waals surface area contributed by atoms with E-state index in [9.17, 15) is 0 Å². The van der Waals surface area contributed by atoms with E-state index in [0.29, 0.717) is 0 Å². The topological polar surface area (TPSA) is 4.93 Å². The van der Waals surface area contributed by atoms with Gasteiger partial charge in [-0.2, -0.15) is 12.6 Å². The average Bonchev–Trinajstić information content (AvgIpc) is 2.17. The van der Waals surface area contributed by atoms with Gasteiger partial charge in [0.1, 0.15) is 0 Å². The third kappa shape index (κ3) is 1.08. The molecule has 0 atom stereocenters. The molecule has 0 aromatic carbocycles. The van der Waals surface area contributed by atoms with E-state index in [1.165, 1.54) is 17.0 Å². The molecule has 1 rings (SSSR count). The van der Waals surface area contributed by atoms with Gasteiger partial charge < -0.3 is 4.57 Å². The summed E-state index contributed by atoms with van der Waals surface area (Å²) in [6.07, 6.45) is 0. The SMILES string of the molecule is Cc1cc(CS)c(C)n1C. The first-order chi connectivity index (χ1) is 4.66. The number of rotatable bonds is 1. The lowest BCUT2D eigenvalue weighted by atomic mass is 10.3. The molecule has 0 spiro atoms. The maximum atomic E-state index is 4.23. The number of aromatic nitrogens is 1. The van der Waals surface area contributed by atoms with Gasteiger partial charge in [-0.15, -0.1) is 0 Å². The zero-order valence-corrected chi connectivity index (χ0v) is 7.57. The number of hydrogen-bond acceptors (Lipinski definition) is 1. The summed E-state index contributed by atoms with van der Waals surface area (Å²) in [7, 11) is 2.08. The van der Waals surface area contributed by atoms with Crippen molar-refractivity contribution in [1.29, 1.82) is 0 Å². The van der Waals surface area contributed by atoms with E-state index in [1.807, 2.05) is 0 Å².